The van der Waals surface area contributed by atoms with Crippen molar-refractivity contribution in [2.24, 2.45) is 0 Å². The smallest absolute Gasteiger partial charge is 0.164 e. The Labute approximate surface area is 303 Å². The molecule has 0 N–H and O–H groups in total. The summed E-state index contributed by atoms with van der Waals surface area (Å²) < 4.78 is 6.49. The summed E-state index contributed by atoms with van der Waals surface area (Å²) in [4.78, 5) is 15.5. The van der Waals surface area contributed by atoms with Crippen LogP contribution in [0.5, 0.6) is 0 Å². The molecule has 0 amide bonds. The van der Waals surface area contributed by atoms with Gasteiger partial charge in [-0.1, -0.05) is 147 Å². The Balaban J connectivity index is 1.18. The molecule has 5 heteroatoms. The Bertz CT molecular complexity index is 2810. The second-order valence-corrected chi connectivity index (χ2v) is 18.4. The van der Waals surface area contributed by atoms with Gasteiger partial charge in [-0.15, -0.1) is 0 Å². The Kier molecular flexibility index (Phi) is 6.91. The monoisotopic (exact) mass is 683 g/mol. The maximum atomic E-state index is 6.49. The largest absolute Gasteiger partial charge is 0.455 e. The first-order valence-electron chi connectivity index (χ1n) is 17.7. The number of nitrogens with zero attached hydrogens (tertiary/aromatic N) is 3. The minimum absolute atomic E-state index is 0.621. The van der Waals surface area contributed by atoms with Gasteiger partial charge in [-0.25, -0.2) is 15.0 Å². The fourth-order valence-electron chi connectivity index (χ4n) is 7.86. The van der Waals surface area contributed by atoms with Gasteiger partial charge in [0.05, 0.1) is 0 Å². The van der Waals surface area contributed by atoms with Crippen molar-refractivity contribution in [3.63, 3.8) is 0 Å². The summed E-state index contributed by atoms with van der Waals surface area (Å²) in [5.41, 5.74) is 11.7. The minimum Gasteiger partial charge on any atom is -0.455 e. The van der Waals surface area contributed by atoms with Crippen LogP contribution in [-0.2, 0) is 0 Å². The second kappa shape index (κ2) is 11.8. The summed E-state index contributed by atoms with van der Waals surface area (Å²) in [7, 11) is -1.90. The zero-order chi connectivity index (χ0) is 34.8. The van der Waals surface area contributed by atoms with E-state index in [9.17, 15) is 0 Å². The SMILES string of the molecule is C[Si]1(C)c2ccc(-c3ccccc3)cc2-c2cc(-c3nc(-c4ccccc4)nc(-c4cc(-c5ccccc5)c5oc6ccccc6c5c4)n3)ccc21. The van der Waals surface area contributed by atoms with E-state index in [1.807, 2.05) is 36.4 Å². The van der Waals surface area contributed by atoms with E-state index in [2.05, 4.69) is 140 Å². The van der Waals surface area contributed by atoms with Crippen LogP contribution >= 0.6 is 0 Å². The molecule has 10 rings (SSSR count). The van der Waals surface area contributed by atoms with Gasteiger partial charge in [-0.05, 0) is 68.5 Å². The third-order valence-corrected chi connectivity index (χ3v) is 14.1. The van der Waals surface area contributed by atoms with E-state index >= 15 is 0 Å². The van der Waals surface area contributed by atoms with Crippen LogP contribution in [0.1, 0.15) is 0 Å². The first kappa shape index (κ1) is 30.4. The highest BCUT2D eigenvalue weighted by molar-refractivity contribution is 7.03. The molecule has 52 heavy (non-hydrogen) atoms. The van der Waals surface area contributed by atoms with Gasteiger partial charge in [-0.3, -0.25) is 0 Å². The number of furan rings is 1. The highest BCUT2D eigenvalue weighted by Gasteiger charge is 2.37. The lowest BCUT2D eigenvalue weighted by atomic mass is 9.97. The van der Waals surface area contributed by atoms with Crippen molar-refractivity contribution in [2.45, 2.75) is 13.1 Å². The molecule has 0 atom stereocenters. The number of benzene rings is 7. The number of aromatic nitrogens is 3. The molecule has 9 aromatic rings. The van der Waals surface area contributed by atoms with Gasteiger partial charge >= 0.3 is 0 Å². The van der Waals surface area contributed by atoms with Crippen molar-refractivity contribution in [2.75, 3.05) is 0 Å². The molecule has 3 heterocycles. The topological polar surface area (TPSA) is 51.8 Å². The van der Waals surface area contributed by atoms with Crippen LogP contribution in [-0.4, -0.2) is 23.0 Å². The molecule has 0 radical (unpaired) electrons. The number of para-hydroxylation sites is 1. The summed E-state index contributed by atoms with van der Waals surface area (Å²) in [6.45, 7) is 4.90. The molecule has 4 nitrogen and oxygen atoms in total. The maximum Gasteiger partial charge on any atom is 0.164 e. The molecule has 2 aromatic heterocycles. The zero-order valence-electron chi connectivity index (χ0n) is 28.8. The summed E-state index contributed by atoms with van der Waals surface area (Å²) in [6, 6.07) is 57.6. The average Bonchev–Trinajstić information content (AvgIpc) is 3.69. The average molecular weight is 684 g/mol. The first-order chi connectivity index (χ1) is 25.5. The Hall–Kier alpha value is -6.43. The summed E-state index contributed by atoms with van der Waals surface area (Å²) in [5.74, 6) is 1.91. The van der Waals surface area contributed by atoms with Gasteiger partial charge in [0.1, 0.15) is 19.2 Å². The number of rotatable bonds is 5. The summed E-state index contributed by atoms with van der Waals surface area (Å²) >= 11 is 0. The van der Waals surface area contributed by atoms with Crippen molar-refractivity contribution >= 4 is 40.4 Å². The fraction of sp³-hybridized carbons (Fsp3) is 0.0426. The van der Waals surface area contributed by atoms with Crippen molar-refractivity contribution in [3.8, 4) is 67.5 Å². The quantitative estimate of drug-likeness (QED) is 0.169. The minimum atomic E-state index is -1.90. The molecule has 0 aliphatic carbocycles. The van der Waals surface area contributed by atoms with E-state index in [0.29, 0.717) is 17.5 Å². The zero-order valence-corrected chi connectivity index (χ0v) is 29.8. The fourth-order valence-corrected chi connectivity index (χ4v) is 10.9. The number of hydrogen-bond donors (Lipinski definition) is 0. The van der Waals surface area contributed by atoms with Gasteiger partial charge in [0, 0.05) is 33.0 Å². The maximum absolute atomic E-state index is 6.49. The van der Waals surface area contributed by atoms with Crippen LogP contribution in [0, 0.1) is 0 Å². The molecule has 246 valence electrons. The Morgan fingerprint density at radius 2 is 0.885 bits per heavy atom. The molecule has 0 fully saturated rings. The third kappa shape index (κ3) is 4.93. The number of fused-ring (bicyclic) bond motifs is 6. The van der Waals surface area contributed by atoms with Crippen molar-refractivity contribution in [3.05, 3.63) is 164 Å². The van der Waals surface area contributed by atoms with Crippen LogP contribution < -0.4 is 10.4 Å². The van der Waals surface area contributed by atoms with Crippen LogP contribution in [0.25, 0.3) is 89.5 Å². The lowest BCUT2D eigenvalue weighted by molar-refractivity contribution is 0.670. The lowest BCUT2D eigenvalue weighted by Crippen LogP contribution is -2.49. The predicted molar refractivity (Wildman–Crippen MR) is 216 cm³/mol. The van der Waals surface area contributed by atoms with E-state index in [1.54, 1.807) is 0 Å². The highest BCUT2D eigenvalue weighted by Crippen LogP contribution is 2.40. The van der Waals surface area contributed by atoms with E-state index in [1.165, 1.54) is 32.6 Å². The molecule has 1 aliphatic heterocycles. The van der Waals surface area contributed by atoms with Crippen LogP contribution in [0.4, 0.5) is 0 Å². The van der Waals surface area contributed by atoms with Gasteiger partial charge < -0.3 is 4.42 Å². The molecule has 7 aromatic carbocycles. The van der Waals surface area contributed by atoms with E-state index in [4.69, 9.17) is 19.4 Å². The van der Waals surface area contributed by atoms with Gasteiger partial charge in [0.15, 0.2) is 17.5 Å². The van der Waals surface area contributed by atoms with Gasteiger partial charge in [0.25, 0.3) is 0 Å². The van der Waals surface area contributed by atoms with Crippen molar-refractivity contribution in [1.82, 2.24) is 15.0 Å². The molecule has 0 bridgehead atoms. The molecule has 0 saturated carbocycles. The molecular formula is C47H33N3OSi. The van der Waals surface area contributed by atoms with Crippen molar-refractivity contribution < 1.29 is 4.42 Å². The molecule has 0 saturated heterocycles. The Morgan fingerprint density at radius 3 is 1.56 bits per heavy atom. The highest BCUT2D eigenvalue weighted by atomic mass is 28.3. The van der Waals surface area contributed by atoms with Gasteiger partial charge in [0.2, 0.25) is 0 Å². The van der Waals surface area contributed by atoms with Crippen LogP contribution in [0.15, 0.2) is 168 Å². The van der Waals surface area contributed by atoms with Crippen LogP contribution in [0.3, 0.4) is 0 Å². The van der Waals surface area contributed by atoms with Crippen LogP contribution in [0.2, 0.25) is 13.1 Å². The molecule has 0 spiro atoms. The van der Waals surface area contributed by atoms with E-state index in [-0.39, 0.29) is 0 Å². The van der Waals surface area contributed by atoms with E-state index < -0.39 is 8.07 Å². The second-order valence-electron chi connectivity index (χ2n) is 14.0. The molecular weight excluding hydrogens is 651 g/mol. The normalized spacial score (nSPS) is 13.0. The third-order valence-electron chi connectivity index (χ3n) is 10.5. The summed E-state index contributed by atoms with van der Waals surface area (Å²) in [5, 5.41) is 5.01. The van der Waals surface area contributed by atoms with Gasteiger partial charge in [-0.2, -0.15) is 0 Å². The predicted octanol–water partition coefficient (Wildman–Crippen LogP) is 10.9. The number of hydrogen-bond acceptors (Lipinski definition) is 4. The summed E-state index contributed by atoms with van der Waals surface area (Å²) in [6.07, 6.45) is 0. The van der Waals surface area contributed by atoms with Crippen molar-refractivity contribution in [1.29, 1.82) is 0 Å². The lowest BCUT2D eigenvalue weighted by Gasteiger charge is -2.19. The Morgan fingerprint density at radius 1 is 0.385 bits per heavy atom. The van der Waals surface area contributed by atoms with E-state index in [0.717, 1.165) is 49.8 Å². The molecule has 1 aliphatic rings. The first-order valence-corrected chi connectivity index (χ1v) is 20.7. The molecule has 0 unspecified atom stereocenters. The standard InChI is InChI=1S/C47H33N3OSi/c1-52(2)42-24-22-33(30-14-6-3-7-15-30)26-38(42)39-27-34(23-25-43(39)52)46-48-45(32-18-10-5-11-19-32)49-47(50-46)35-28-37(31-16-8-4-9-17-31)44-40(29-35)36-20-12-13-21-41(36)51-44/h3-29H,1-2H3.